The van der Waals surface area contributed by atoms with Gasteiger partial charge in [-0.3, -0.25) is 0 Å². The Morgan fingerprint density at radius 3 is 2.60 bits per heavy atom. The van der Waals surface area contributed by atoms with Gasteiger partial charge in [0.05, 0.1) is 10.7 Å². The SMILES string of the molecule is Clc1ccc(Cl)c(-c2csc(-c3ccccc3Br)n2)c1. The third kappa shape index (κ3) is 2.77. The van der Waals surface area contributed by atoms with Gasteiger partial charge < -0.3 is 0 Å². The first kappa shape index (κ1) is 14.1. The monoisotopic (exact) mass is 383 g/mol. The van der Waals surface area contributed by atoms with E-state index in [0.717, 1.165) is 26.3 Å². The van der Waals surface area contributed by atoms with Crippen LogP contribution in [0.3, 0.4) is 0 Å². The molecule has 5 heteroatoms. The Balaban J connectivity index is 2.07. The molecule has 3 rings (SSSR count). The van der Waals surface area contributed by atoms with Gasteiger partial charge >= 0.3 is 0 Å². The molecule has 1 aromatic heterocycles. The zero-order valence-electron chi connectivity index (χ0n) is 10.1. The third-order valence-corrected chi connectivity index (χ3v) is 4.94. The zero-order chi connectivity index (χ0) is 14.1. The first-order valence-electron chi connectivity index (χ1n) is 5.81. The van der Waals surface area contributed by atoms with Gasteiger partial charge in [0.2, 0.25) is 0 Å². The highest BCUT2D eigenvalue weighted by molar-refractivity contribution is 9.10. The number of aromatic nitrogens is 1. The fourth-order valence-electron chi connectivity index (χ4n) is 1.85. The Labute approximate surface area is 139 Å². The summed E-state index contributed by atoms with van der Waals surface area (Å²) >= 11 is 17.4. The smallest absolute Gasteiger partial charge is 0.125 e. The average Bonchev–Trinajstić information content (AvgIpc) is 2.91. The number of nitrogens with zero attached hydrogens (tertiary/aromatic N) is 1. The number of benzene rings is 2. The Morgan fingerprint density at radius 2 is 1.80 bits per heavy atom. The Bertz CT molecular complexity index is 770. The van der Waals surface area contributed by atoms with Gasteiger partial charge in [-0.15, -0.1) is 11.3 Å². The summed E-state index contributed by atoms with van der Waals surface area (Å²) in [4.78, 5) is 4.66. The summed E-state index contributed by atoms with van der Waals surface area (Å²) in [5.41, 5.74) is 2.77. The molecule has 3 aromatic rings. The second kappa shape index (κ2) is 5.86. The molecule has 0 spiro atoms. The molecule has 0 radical (unpaired) electrons. The number of rotatable bonds is 2. The van der Waals surface area contributed by atoms with E-state index in [1.54, 1.807) is 23.5 Å². The van der Waals surface area contributed by atoms with Gasteiger partial charge in [0.15, 0.2) is 0 Å². The highest BCUT2D eigenvalue weighted by atomic mass is 79.9. The minimum absolute atomic E-state index is 0.651. The van der Waals surface area contributed by atoms with Crippen LogP contribution in [0.4, 0.5) is 0 Å². The van der Waals surface area contributed by atoms with Crippen molar-refractivity contribution in [3.05, 3.63) is 62.4 Å². The highest BCUT2D eigenvalue weighted by Gasteiger charge is 2.11. The summed E-state index contributed by atoms with van der Waals surface area (Å²) in [5, 5.41) is 4.24. The van der Waals surface area contributed by atoms with Crippen molar-refractivity contribution >= 4 is 50.5 Å². The third-order valence-electron chi connectivity index (χ3n) is 2.81. The molecule has 0 saturated carbocycles. The topological polar surface area (TPSA) is 12.9 Å². The van der Waals surface area contributed by atoms with Crippen molar-refractivity contribution in [3.63, 3.8) is 0 Å². The predicted octanol–water partition coefficient (Wildman–Crippen LogP) is 6.55. The van der Waals surface area contributed by atoms with Crippen LogP contribution in [0, 0.1) is 0 Å². The summed E-state index contributed by atoms with van der Waals surface area (Å²) in [6.07, 6.45) is 0. The number of thiazole rings is 1. The van der Waals surface area contributed by atoms with Gasteiger partial charge in [0.1, 0.15) is 5.01 Å². The molecule has 0 bridgehead atoms. The highest BCUT2D eigenvalue weighted by Crippen LogP contribution is 2.36. The Hall–Kier alpha value is -0.870. The molecular weight excluding hydrogens is 377 g/mol. The van der Waals surface area contributed by atoms with Crippen molar-refractivity contribution in [3.8, 4) is 21.8 Å². The van der Waals surface area contributed by atoms with Crippen LogP contribution in [0.15, 0.2) is 52.3 Å². The van der Waals surface area contributed by atoms with Crippen LogP contribution in [0.5, 0.6) is 0 Å². The van der Waals surface area contributed by atoms with E-state index < -0.39 is 0 Å². The lowest BCUT2D eigenvalue weighted by atomic mass is 10.2. The van der Waals surface area contributed by atoms with E-state index >= 15 is 0 Å². The van der Waals surface area contributed by atoms with E-state index in [4.69, 9.17) is 23.2 Å². The largest absolute Gasteiger partial charge is 0.236 e. The maximum Gasteiger partial charge on any atom is 0.125 e. The van der Waals surface area contributed by atoms with E-state index in [1.165, 1.54) is 0 Å². The first-order chi connectivity index (χ1) is 9.65. The molecule has 0 aliphatic rings. The molecule has 2 aromatic carbocycles. The molecule has 0 amide bonds. The van der Waals surface area contributed by atoms with E-state index in [-0.39, 0.29) is 0 Å². The molecular formula is C15H8BrCl2NS. The maximum absolute atomic E-state index is 6.21. The van der Waals surface area contributed by atoms with E-state index in [1.807, 2.05) is 35.7 Å². The van der Waals surface area contributed by atoms with Gasteiger partial charge in [-0.05, 0) is 24.3 Å². The number of hydrogen-bond donors (Lipinski definition) is 0. The van der Waals surface area contributed by atoms with Crippen LogP contribution in [-0.2, 0) is 0 Å². The molecule has 100 valence electrons. The number of hydrogen-bond acceptors (Lipinski definition) is 2. The van der Waals surface area contributed by atoms with Gasteiger partial charge in [-0.1, -0.05) is 57.3 Å². The quantitative estimate of drug-likeness (QED) is 0.488. The van der Waals surface area contributed by atoms with Crippen molar-refractivity contribution in [2.75, 3.05) is 0 Å². The van der Waals surface area contributed by atoms with Crippen LogP contribution in [0.25, 0.3) is 21.8 Å². The first-order valence-corrected chi connectivity index (χ1v) is 8.24. The van der Waals surface area contributed by atoms with E-state index in [9.17, 15) is 0 Å². The van der Waals surface area contributed by atoms with Crippen molar-refractivity contribution in [1.82, 2.24) is 4.98 Å². The maximum atomic E-state index is 6.21. The van der Waals surface area contributed by atoms with E-state index in [0.29, 0.717) is 10.0 Å². The van der Waals surface area contributed by atoms with Crippen LogP contribution in [0.2, 0.25) is 10.0 Å². The summed E-state index contributed by atoms with van der Waals surface area (Å²) < 4.78 is 1.03. The van der Waals surface area contributed by atoms with Crippen molar-refractivity contribution < 1.29 is 0 Å². The predicted molar refractivity (Wildman–Crippen MR) is 90.7 cm³/mol. The molecule has 0 saturated heterocycles. The fourth-order valence-corrected chi connectivity index (χ4v) is 3.70. The second-order valence-corrected chi connectivity index (χ2v) is 6.70. The van der Waals surface area contributed by atoms with E-state index in [2.05, 4.69) is 20.9 Å². The van der Waals surface area contributed by atoms with Gasteiger partial charge in [-0.2, -0.15) is 0 Å². The van der Waals surface area contributed by atoms with Crippen LogP contribution in [0.1, 0.15) is 0 Å². The average molecular weight is 385 g/mol. The molecule has 20 heavy (non-hydrogen) atoms. The normalized spacial score (nSPS) is 10.8. The summed E-state index contributed by atoms with van der Waals surface area (Å²) in [7, 11) is 0. The van der Waals surface area contributed by atoms with Gasteiger partial charge in [0, 0.05) is 26.0 Å². The molecule has 1 heterocycles. The van der Waals surface area contributed by atoms with Crippen LogP contribution >= 0.6 is 50.5 Å². The molecule has 0 fully saturated rings. The lowest BCUT2D eigenvalue weighted by Crippen LogP contribution is -1.82. The molecule has 0 N–H and O–H groups in total. The van der Waals surface area contributed by atoms with Crippen molar-refractivity contribution in [1.29, 1.82) is 0 Å². The summed E-state index contributed by atoms with van der Waals surface area (Å²) in [5.74, 6) is 0. The Kier molecular flexibility index (Phi) is 4.13. The zero-order valence-corrected chi connectivity index (χ0v) is 14.0. The van der Waals surface area contributed by atoms with Gasteiger partial charge in [-0.25, -0.2) is 4.98 Å². The second-order valence-electron chi connectivity index (χ2n) is 4.14. The molecule has 0 aliphatic heterocycles. The van der Waals surface area contributed by atoms with Crippen LogP contribution < -0.4 is 0 Å². The fraction of sp³-hybridized carbons (Fsp3) is 0. The molecule has 1 nitrogen and oxygen atoms in total. The Morgan fingerprint density at radius 1 is 1.00 bits per heavy atom. The summed E-state index contributed by atoms with van der Waals surface area (Å²) in [6, 6.07) is 13.4. The standard InChI is InChI=1S/C15H8BrCl2NS/c16-12-4-2-1-3-10(12)15-19-14(8-20-15)11-7-9(17)5-6-13(11)18/h1-8H. The minimum atomic E-state index is 0.651. The number of halogens is 3. The molecule has 0 unspecified atom stereocenters. The molecule has 0 aliphatic carbocycles. The summed E-state index contributed by atoms with van der Waals surface area (Å²) in [6.45, 7) is 0. The minimum Gasteiger partial charge on any atom is -0.236 e. The lowest BCUT2D eigenvalue weighted by molar-refractivity contribution is 1.40. The molecule has 0 atom stereocenters. The lowest BCUT2D eigenvalue weighted by Gasteiger charge is -2.02. The van der Waals surface area contributed by atoms with Gasteiger partial charge in [0.25, 0.3) is 0 Å². The van der Waals surface area contributed by atoms with Crippen LogP contribution in [-0.4, -0.2) is 4.98 Å². The van der Waals surface area contributed by atoms with Crippen molar-refractivity contribution in [2.24, 2.45) is 0 Å². The van der Waals surface area contributed by atoms with Crippen molar-refractivity contribution in [2.45, 2.75) is 0 Å².